The van der Waals surface area contributed by atoms with Gasteiger partial charge in [-0.2, -0.15) is 0 Å². The minimum absolute atomic E-state index is 0.0121. The fourth-order valence-electron chi connectivity index (χ4n) is 3.98. The molecule has 148 valence electrons. The molecule has 1 amide bonds. The molecule has 1 heterocycles. The van der Waals surface area contributed by atoms with Gasteiger partial charge in [-0.1, -0.05) is 13.0 Å². The highest BCUT2D eigenvalue weighted by molar-refractivity contribution is 7.91. The van der Waals surface area contributed by atoms with Crippen molar-refractivity contribution in [3.05, 3.63) is 34.9 Å². The summed E-state index contributed by atoms with van der Waals surface area (Å²) in [4.78, 5) is 26.7. The van der Waals surface area contributed by atoms with Gasteiger partial charge < -0.3 is 9.64 Å². The molecule has 1 fully saturated rings. The van der Waals surface area contributed by atoms with Gasteiger partial charge in [-0.25, -0.2) is 13.2 Å². The lowest BCUT2D eigenvalue weighted by atomic mass is 10.1. The molecule has 1 aromatic carbocycles. The number of hydrogen-bond acceptors (Lipinski definition) is 5. The number of carbonyl (C=O) groups is 2. The van der Waals surface area contributed by atoms with E-state index in [1.54, 1.807) is 11.0 Å². The van der Waals surface area contributed by atoms with E-state index in [1.807, 2.05) is 26.0 Å². The first-order valence-corrected chi connectivity index (χ1v) is 11.4. The van der Waals surface area contributed by atoms with Crippen LogP contribution in [0.25, 0.3) is 0 Å². The van der Waals surface area contributed by atoms with Gasteiger partial charge in [0.1, 0.15) is 0 Å². The first kappa shape index (κ1) is 19.9. The number of esters is 1. The average molecular weight is 394 g/mol. The SMILES string of the molecule is CC[C@H](C)N(C(=O)COC(=O)c1ccc2c(c1)CCC2)[C@@H]1CCS(=O)(=O)C1. The fourth-order valence-corrected chi connectivity index (χ4v) is 5.70. The number of hydrogen-bond donors (Lipinski definition) is 0. The number of fused-ring (bicyclic) bond motifs is 1. The molecule has 0 unspecified atom stereocenters. The molecule has 1 aromatic rings. The Kier molecular flexibility index (Phi) is 5.89. The van der Waals surface area contributed by atoms with Gasteiger partial charge in [-0.05, 0) is 62.3 Å². The minimum atomic E-state index is -3.10. The van der Waals surface area contributed by atoms with E-state index in [0.29, 0.717) is 18.4 Å². The zero-order valence-corrected chi connectivity index (χ0v) is 16.8. The second-order valence-electron chi connectivity index (χ2n) is 7.53. The third kappa shape index (κ3) is 4.51. The molecule has 0 aromatic heterocycles. The van der Waals surface area contributed by atoms with Gasteiger partial charge in [0.15, 0.2) is 16.4 Å². The van der Waals surface area contributed by atoms with Crippen LogP contribution in [0.5, 0.6) is 0 Å². The Bertz CT molecular complexity index is 833. The second kappa shape index (κ2) is 8.00. The summed E-state index contributed by atoms with van der Waals surface area (Å²) in [5.41, 5.74) is 2.91. The number of benzene rings is 1. The Balaban J connectivity index is 1.64. The zero-order chi connectivity index (χ0) is 19.6. The van der Waals surface area contributed by atoms with Crippen LogP contribution in [0.1, 0.15) is 54.6 Å². The topological polar surface area (TPSA) is 80.8 Å². The highest BCUT2D eigenvalue weighted by Crippen LogP contribution is 2.24. The number of aryl methyl sites for hydroxylation is 2. The summed E-state index contributed by atoms with van der Waals surface area (Å²) in [6.45, 7) is 3.48. The molecule has 27 heavy (non-hydrogen) atoms. The van der Waals surface area contributed by atoms with Crippen molar-refractivity contribution in [2.24, 2.45) is 0 Å². The van der Waals surface area contributed by atoms with Gasteiger partial charge >= 0.3 is 5.97 Å². The Labute approximate surface area is 160 Å². The van der Waals surface area contributed by atoms with Crippen molar-refractivity contribution in [1.82, 2.24) is 4.90 Å². The fraction of sp³-hybridized carbons (Fsp3) is 0.600. The predicted octanol–water partition coefficient (Wildman–Crippen LogP) is 2.15. The first-order valence-electron chi connectivity index (χ1n) is 9.61. The maximum Gasteiger partial charge on any atom is 0.338 e. The van der Waals surface area contributed by atoms with Crippen LogP contribution in [-0.2, 0) is 32.2 Å². The Morgan fingerprint density at radius 1 is 1.26 bits per heavy atom. The quantitative estimate of drug-likeness (QED) is 0.692. The lowest BCUT2D eigenvalue weighted by Gasteiger charge is -2.33. The summed E-state index contributed by atoms with van der Waals surface area (Å²) in [6, 6.07) is 5.11. The van der Waals surface area contributed by atoms with Gasteiger partial charge in [0.05, 0.1) is 17.1 Å². The molecule has 0 N–H and O–H groups in total. The largest absolute Gasteiger partial charge is 0.452 e. The first-order chi connectivity index (χ1) is 12.8. The van der Waals surface area contributed by atoms with Crippen LogP contribution in [0, 0.1) is 0 Å². The summed E-state index contributed by atoms with van der Waals surface area (Å²) in [6.07, 6.45) is 4.25. The maximum absolute atomic E-state index is 12.7. The second-order valence-corrected chi connectivity index (χ2v) is 9.76. The molecule has 1 aliphatic carbocycles. The molecule has 1 aliphatic heterocycles. The van der Waals surface area contributed by atoms with E-state index >= 15 is 0 Å². The molecule has 2 atom stereocenters. The predicted molar refractivity (Wildman–Crippen MR) is 102 cm³/mol. The van der Waals surface area contributed by atoms with Crippen LogP contribution >= 0.6 is 0 Å². The van der Waals surface area contributed by atoms with Crippen molar-refractivity contribution < 1.29 is 22.7 Å². The summed E-state index contributed by atoms with van der Waals surface area (Å²) >= 11 is 0. The standard InChI is InChI=1S/C20H27NO5S/c1-3-14(2)21(18-9-10-27(24,25)13-18)19(22)12-26-20(23)17-8-7-15-5-4-6-16(15)11-17/h7-8,11,14,18H,3-6,9-10,12-13H2,1-2H3/t14-,18+/m0/s1. The Hall–Kier alpha value is -1.89. The Morgan fingerprint density at radius 3 is 2.67 bits per heavy atom. The highest BCUT2D eigenvalue weighted by Gasteiger charge is 2.36. The lowest BCUT2D eigenvalue weighted by molar-refractivity contribution is -0.138. The van der Waals surface area contributed by atoms with Gasteiger partial charge in [-0.3, -0.25) is 4.79 Å². The molecular formula is C20H27NO5S. The molecule has 6 nitrogen and oxygen atoms in total. The molecule has 0 radical (unpaired) electrons. The van der Waals surface area contributed by atoms with Crippen LogP contribution in [0.4, 0.5) is 0 Å². The van der Waals surface area contributed by atoms with Crippen molar-refractivity contribution in [1.29, 1.82) is 0 Å². The monoisotopic (exact) mass is 393 g/mol. The summed E-state index contributed by atoms with van der Waals surface area (Å²) in [5.74, 6) is -0.753. The van der Waals surface area contributed by atoms with E-state index < -0.39 is 15.8 Å². The van der Waals surface area contributed by atoms with Gasteiger partial charge in [0, 0.05) is 12.1 Å². The number of sulfone groups is 1. The molecule has 0 bridgehead atoms. The van der Waals surface area contributed by atoms with Gasteiger partial charge in [-0.15, -0.1) is 0 Å². The van der Waals surface area contributed by atoms with Crippen LogP contribution in [0.3, 0.4) is 0 Å². The number of nitrogens with zero attached hydrogens (tertiary/aromatic N) is 1. The Morgan fingerprint density at radius 2 is 2.00 bits per heavy atom. The molecule has 3 rings (SSSR count). The molecule has 0 spiro atoms. The third-order valence-corrected chi connectivity index (χ3v) is 7.37. The van der Waals surface area contributed by atoms with Crippen molar-refractivity contribution in [2.75, 3.05) is 18.1 Å². The highest BCUT2D eigenvalue weighted by atomic mass is 32.2. The van der Waals surface area contributed by atoms with E-state index in [1.165, 1.54) is 11.1 Å². The van der Waals surface area contributed by atoms with Crippen LogP contribution in [0.2, 0.25) is 0 Å². The van der Waals surface area contributed by atoms with Gasteiger partial charge in [0.2, 0.25) is 0 Å². The van der Waals surface area contributed by atoms with Crippen LogP contribution in [0.15, 0.2) is 18.2 Å². The normalized spacial score (nSPS) is 21.5. The van der Waals surface area contributed by atoms with E-state index in [2.05, 4.69) is 0 Å². The molecule has 1 saturated heterocycles. The van der Waals surface area contributed by atoms with Crippen molar-refractivity contribution in [3.8, 4) is 0 Å². The summed E-state index contributed by atoms with van der Waals surface area (Å²) in [7, 11) is -3.10. The minimum Gasteiger partial charge on any atom is -0.452 e. The van der Waals surface area contributed by atoms with Crippen molar-refractivity contribution in [2.45, 2.75) is 58.0 Å². The summed E-state index contributed by atoms with van der Waals surface area (Å²) in [5, 5.41) is 0. The lowest BCUT2D eigenvalue weighted by Crippen LogP contribution is -2.48. The summed E-state index contributed by atoms with van der Waals surface area (Å²) < 4.78 is 28.9. The van der Waals surface area contributed by atoms with Crippen LogP contribution < -0.4 is 0 Å². The van der Waals surface area contributed by atoms with Crippen molar-refractivity contribution in [3.63, 3.8) is 0 Å². The van der Waals surface area contributed by atoms with Gasteiger partial charge in [0.25, 0.3) is 5.91 Å². The van der Waals surface area contributed by atoms with E-state index in [4.69, 9.17) is 4.74 Å². The van der Waals surface area contributed by atoms with Crippen LogP contribution in [-0.4, -0.2) is 55.4 Å². The number of amides is 1. The number of rotatable bonds is 6. The molecular weight excluding hydrogens is 366 g/mol. The van der Waals surface area contributed by atoms with E-state index in [-0.39, 0.29) is 36.1 Å². The smallest absolute Gasteiger partial charge is 0.338 e. The number of carbonyl (C=O) groups excluding carboxylic acids is 2. The third-order valence-electron chi connectivity index (χ3n) is 5.62. The number of ether oxygens (including phenoxy) is 1. The average Bonchev–Trinajstić information content (AvgIpc) is 3.24. The maximum atomic E-state index is 12.7. The molecule has 0 saturated carbocycles. The van der Waals surface area contributed by atoms with Crippen molar-refractivity contribution >= 4 is 21.7 Å². The van der Waals surface area contributed by atoms with E-state index in [9.17, 15) is 18.0 Å². The van der Waals surface area contributed by atoms with E-state index in [0.717, 1.165) is 19.3 Å². The molecule has 7 heteroatoms. The zero-order valence-electron chi connectivity index (χ0n) is 15.9. The molecule has 2 aliphatic rings.